The second-order valence-corrected chi connectivity index (χ2v) is 4.09. The third kappa shape index (κ3) is 23.0. The van der Waals surface area contributed by atoms with Crippen molar-refractivity contribution < 1.29 is 79.3 Å². The first-order valence-corrected chi connectivity index (χ1v) is 5.78. The van der Waals surface area contributed by atoms with E-state index in [1.165, 1.54) is 12.1 Å². The summed E-state index contributed by atoms with van der Waals surface area (Å²) in [5.41, 5.74) is 10.2. The maximum atomic E-state index is 10.8. The Hall–Kier alpha value is -1.99. The zero-order chi connectivity index (χ0) is 16.9. The minimum atomic E-state index is -1.48. The Labute approximate surface area is 227 Å². The molecule has 0 saturated heterocycles. The molecule has 17 nitrogen and oxygen atoms in total. The van der Waals surface area contributed by atoms with Crippen molar-refractivity contribution in [3.63, 3.8) is 0 Å². The van der Waals surface area contributed by atoms with Gasteiger partial charge in [-0.2, -0.15) is 0 Å². The molecule has 2 rings (SSSR count). The van der Waals surface area contributed by atoms with Crippen molar-refractivity contribution in [2.45, 2.75) is 0 Å². The smallest absolute Gasteiger partial charge is 0.872 e. The van der Waals surface area contributed by atoms with Gasteiger partial charge in [-0.05, 0) is 35.4 Å². The van der Waals surface area contributed by atoms with E-state index in [2.05, 4.69) is 0 Å². The molecule has 33 heavy (non-hydrogen) atoms. The summed E-state index contributed by atoms with van der Waals surface area (Å²) in [5, 5.41) is 41.9. The number of benzene rings is 2. The molecule has 0 aliphatic carbocycles. The summed E-state index contributed by atoms with van der Waals surface area (Å²) in [6.07, 6.45) is 0. The molecule has 0 atom stereocenters. The SMILES string of the molecule is Nc1ccc(C(=O)[O-])c([O-])c1.Nc1ccc(C(=O)[O-])c([O-])c1.O.O.O.O.O.O.O.O.[Al+3].[Ca+2].[OH-]. The van der Waals surface area contributed by atoms with Gasteiger partial charge in [0.1, 0.15) is 0 Å². The van der Waals surface area contributed by atoms with E-state index in [4.69, 9.17) is 11.5 Å². The number of aromatic carboxylic acids is 2. The van der Waals surface area contributed by atoms with Crippen molar-refractivity contribution in [3.8, 4) is 11.5 Å². The van der Waals surface area contributed by atoms with Gasteiger partial charge in [-0.15, -0.1) is 0 Å². The first-order valence-electron chi connectivity index (χ1n) is 5.78. The van der Waals surface area contributed by atoms with E-state index in [1.54, 1.807) is 0 Å². The molecule has 0 aliphatic heterocycles. The van der Waals surface area contributed by atoms with Crippen LogP contribution in [-0.2, 0) is 0 Å². The van der Waals surface area contributed by atoms with E-state index >= 15 is 0 Å². The summed E-state index contributed by atoms with van der Waals surface area (Å²) in [7, 11) is 0. The number of carboxylic acids is 2. The molecule has 0 aliphatic rings. The monoisotopic (exact) mass is 530 g/mol. The third-order valence-electron chi connectivity index (χ3n) is 2.45. The van der Waals surface area contributed by atoms with Crippen LogP contribution in [0.15, 0.2) is 36.4 Å². The Bertz CT molecular complexity index is 678. The fraction of sp³-hybridized carbons (Fsp3) is 0. The molecule has 21 N–H and O–H groups in total. The van der Waals surface area contributed by atoms with E-state index < -0.39 is 23.4 Å². The molecule has 2 aromatic carbocycles. The number of hydrogen-bond donors (Lipinski definition) is 2. The number of anilines is 2. The van der Waals surface area contributed by atoms with Crippen LogP contribution < -0.4 is 31.9 Å². The molecule has 0 saturated carbocycles. The van der Waals surface area contributed by atoms with Crippen molar-refractivity contribution in [1.82, 2.24) is 0 Å². The van der Waals surface area contributed by atoms with Gasteiger partial charge in [0.2, 0.25) is 0 Å². The van der Waals surface area contributed by atoms with Crippen LogP contribution in [0.5, 0.6) is 11.5 Å². The number of carbonyl (C=O) groups is 2. The number of hydrogen-bond acceptors (Lipinski definition) is 9. The van der Waals surface area contributed by atoms with Crippen molar-refractivity contribution in [2.24, 2.45) is 0 Å². The maximum absolute atomic E-state index is 10.8. The van der Waals surface area contributed by atoms with Crippen molar-refractivity contribution in [2.75, 3.05) is 11.5 Å². The van der Waals surface area contributed by atoms with Gasteiger partial charge in [0, 0.05) is 11.4 Å². The summed E-state index contributed by atoms with van der Waals surface area (Å²) >= 11 is 0. The molecule has 0 heterocycles. The van der Waals surface area contributed by atoms with Crippen LogP contribution in [0, 0.1) is 0 Å². The van der Waals surface area contributed by atoms with Gasteiger partial charge in [-0.3, -0.25) is 0 Å². The molecule has 0 bridgehead atoms. The van der Waals surface area contributed by atoms with Gasteiger partial charge in [0.25, 0.3) is 0 Å². The van der Waals surface area contributed by atoms with E-state index in [0.29, 0.717) is 0 Å². The zero-order valence-electron chi connectivity index (χ0n) is 16.8. The summed E-state index contributed by atoms with van der Waals surface area (Å²) in [6, 6.07) is 7.04. The quantitative estimate of drug-likeness (QED) is 0.274. The van der Waals surface area contributed by atoms with Crippen molar-refractivity contribution >= 4 is 78.4 Å². The first kappa shape index (κ1) is 69.7. The van der Waals surface area contributed by atoms with Crippen LogP contribution >= 0.6 is 0 Å². The fourth-order valence-electron chi connectivity index (χ4n) is 1.42. The van der Waals surface area contributed by atoms with Crippen LogP contribution in [0.25, 0.3) is 0 Å². The second-order valence-electron chi connectivity index (χ2n) is 4.09. The topological polar surface area (TPSA) is 460 Å². The maximum Gasteiger partial charge on any atom is 3.00 e. The second kappa shape index (κ2) is 32.2. The van der Waals surface area contributed by atoms with E-state index in [0.717, 1.165) is 24.3 Å². The Morgan fingerprint density at radius 2 is 0.818 bits per heavy atom. The summed E-state index contributed by atoms with van der Waals surface area (Å²) in [4.78, 5) is 20.4. The minimum absolute atomic E-state index is 0. The number of carboxylic acid groups (broad SMARTS) is 2. The molecular weight excluding hydrogens is 503 g/mol. The van der Waals surface area contributed by atoms with Crippen LogP contribution in [-0.4, -0.2) is 116 Å². The van der Waals surface area contributed by atoms with E-state index in [-0.39, 0.29) is 127 Å². The number of nitrogen functional groups attached to an aromatic ring is 2. The molecular formula is C14H27AlCaN2O15. The molecule has 0 spiro atoms. The van der Waals surface area contributed by atoms with Gasteiger partial charge in [-0.25, -0.2) is 0 Å². The van der Waals surface area contributed by atoms with Crippen LogP contribution in [0.2, 0.25) is 0 Å². The Morgan fingerprint density at radius 1 is 0.606 bits per heavy atom. The Kier molecular flexibility index (Phi) is 68.0. The van der Waals surface area contributed by atoms with Gasteiger partial charge in [-0.1, -0.05) is 23.6 Å². The molecule has 0 amide bonds. The molecule has 188 valence electrons. The molecule has 0 radical (unpaired) electrons. The number of rotatable bonds is 2. The van der Waals surface area contributed by atoms with Crippen molar-refractivity contribution in [3.05, 3.63) is 47.5 Å². The average molecular weight is 530 g/mol. The largest absolute Gasteiger partial charge is 3.00 e. The average Bonchev–Trinajstić information content (AvgIpc) is 2.38. The van der Waals surface area contributed by atoms with Crippen LogP contribution in [0.4, 0.5) is 11.4 Å². The molecule has 19 heteroatoms. The Balaban J connectivity index is -0.0000000244. The summed E-state index contributed by atoms with van der Waals surface area (Å²) < 4.78 is 0. The van der Waals surface area contributed by atoms with E-state index in [1.807, 2.05) is 0 Å². The van der Waals surface area contributed by atoms with Gasteiger partial charge in [0.15, 0.2) is 0 Å². The predicted octanol–water partition coefficient (Wildman–Crippen LogP) is -10.1. The molecule has 0 unspecified atom stereocenters. The van der Waals surface area contributed by atoms with Gasteiger partial charge in [0.05, 0.1) is 11.9 Å². The standard InChI is InChI=1S/2C7H7NO3.Al.Ca.9H2O/c2*8-4-1-2-5(7(10)11)6(9)3-4;;;;;;;;;;;/h2*1-3,9H,8H2,(H,10,11);;;9*1H2/q;;+3;+2;;;;;;;;;/p-5. The van der Waals surface area contributed by atoms with Crippen molar-refractivity contribution in [1.29, 1.82) is 0 Å². The first-order chi connectivity index (χ1) is 10.2. The number of carbonyl (C=O) groups excluding carboxylic acids is 2. The zero-order valence-corrected chi connectivity index (χ0v) is 20.2. The fourth-order valence-corrected chi connectivity index (χ4v) is 1.42. The summed E-state index contributed by atoms with van der Waals surface area (Å²) in [6.45, 7) is 0. The Morgan fingerprint density at radius 3 is 0.970 bits per heavy atom. The summed E-state index contributed by atoms with van der Waals surface area (Å²) in [5.74, 6) is -4.19. The van der Waals surface area contributed by atoms with Gasteiger partial charge < -0.3 is 90.8 Å². The van der Waals surface area contributed by atoms with Crippen LogP contribution in [0.3, 0.4) is 0 Å². The molecule has 0 aromatic heterocycles. The van der Waals surface area contributed by atoms with Gasteiger partial charge >= 0.3 is 55.1 Å². The molecule has 0 fully saturated rings. The molecule has 2 aromatic rings. The minimum Gasteiger partial charge on any atom is -0.872 e. The number of nitrogens with two attached hydrogens (primary N) is 2. The predicted molar refractivity (Wildman–Crippen MR) is 112 cm³/mol. The normalized spacial score (nSPS) is 6.30. The van der Waals surface area contributed by atoms with E-state index in [9.17, 15) is 30.0 Å². The third-order valence-corrected chi connectivity index (χ3v) is 2.45. The van der Waals surface area contributed by atoms with Crippen LogP contribution in [0.1, 0.15) is 20.7 Å².